The fraction of sp³-hybridized carbons (Fsp3) is 0.643. The molecule has 1 aromatic heterocycles. The lowest BCUT2D eigenvalue weighted by atomic mass is 9.90. The molecule has 0 aliphatic heterocycles. The van der Waals surface area contributed by atoms with E-state index < -0.39 is 10.0 Å². The molecule has 0 bridgehead atoms. The van der Waals surface area contributed by atoms with E-state index in [1.807, 2.05) is 0 Å². The molecular weight excluding hydrogens is 290 g/mol. The Balaban J connectivity index is 2.22. The van der Waals surface area contributed by atoms with Crippen molar-refractivity contribution in [3.8, 4) is 0 Å². The molecular formula is C14H23N3O3S. The molecule has 0 saturated heterocycles. The minimum Gasteiger partial charge on any atom is -0.350 e. The number of amides is 1. The van der Waals surface area contributed by atoms with Crippen LogP contribution in [-0.2, 0) is 10.0 Å². The number of primary sulfonamides is 1. The van der Waals surface area contributed by atoms with Crippen molar-refractivity contribution >= 4 is 15.9 Å². The van der Waals surface area contributed by atoms with Crippen molar-refractivity contribution in [2.75, 3.05) is 6.54 Å². The number of nitrogens with two attached hydrogens (primary N) is 1. The Morgan fingerprint density at radius 2 is 2.10 bits per heavy atom. The van der Waals surface area contributed by atoms with Gasteiger partial charge in [-0.15, -0.1) is 0 Å². The van der Waals surface area contributed by atoms with Gasteiger partial charge >= 0.3 is 0 Å². The molecule has 3 N–H and O–H groups in total. The second-order valence-electron chi connectivity index (χ2n) is 6.44. The average molecular weight is 313 g/mol. The van der Waals surface area contributed by atoms with Crippen LogP contribution < -0.4 is 10.5 Å². The van der Waals surface area contributed by atoms with Crippen molar-refractivity contribution in [3.63, 3.8) is 0 Å². The zero-order valence-electron chi connectivity index (χ0n) is 12.7. The molecule has 1 saturated carbocycles. The number of sulfonamides is 1. The van der Waals surface area contributed by atoms with Gasteiger partial charge in [0.25, 0.3) is 5.91 Å². The third-order valence-corrected chi connectivity index (χ3v) is 4.89. The van der Waals surface area contributed by atoms with E-state index in [4.69, 9.17) is 5.14 Å². The molecule has 1 aliphatic rings. The van der Waals surface area contributed by atoms with Gasteiger partial charge in [0.2, 0.25) is 10.0 Å². The van der Waals surface area contributed by atoms with Crippen LogP contribution in [0.4, 0.5) is 0 Å². The first kappa shape index (κ1) is 16.0. The molecule has 2 rings (SSSR count). The molecule has 7 heteroatoms. The van der Waals surface area contributed by atoms with Crippen molar-refractivity contribution in [1.82, 2.24) is 9.88 Å². The van der Waals surface area contributed by atoms with Crippen LogP contribution >= 0.6 is 0 Å². The van der Waals surface area contributed by atoms with E-state index in [1.165, 1.54) is 12.3 Å². The molecule has 1 fully saturated rings. The molecule has 1 amide bonds. The molecule has 1 aromatic rings. The maximum atomic E-state index is 12.3. The van der Waals surface area contributed by atoms with Crippen LogP contribution in [0.3, 0.4) is 0 Å². The Bertz CT molecular complexity index is 642. The van der Waals surface area contributed by atoms with E-state index in [2.05, 4.69) is 26.1 Å². The zero-order chi connectivity index (χ0) is 15.8. The van der Waals surface area contributed by atoms with E-state index in [9.17, 15) is 13.2 Å². The predicted molar refractivity (Wildman–Crippen MR) is 80.5 cm³/mol. The summed E-state index contributed by atoms with van der Waals surface area (Å²) in [6, 6.07) is 1.57. The second kappa shape index (κ2) is 5.46. The Kier molecular flexibility index (Phi) is 4.17. The first-order chi connectivity index (χ1) is 9.64. The Hall–Kier alpha value is -1.34. The number of carbonyl (C=O) groups excluding carboxylic acids is 1. The molecule has 21 heavy (non-hydrogen) atoms. The summed E-state index contributed by atoms with van der Waals surface area (Å²) < 4.78 is 24.7. The van der Waals surface area contributed by atoms with Crippen molar-refractivity contribution < 1.29 is 13.2 Å². The summed E-state index contributed by atoms with van der Waals surface area (Å²) >= 11 is 0. The number of rotatable bonds is 6. The maximum absolute atomic E-state index is 12.3. The summed E-state index contributed by atoms with van der Waals surface area (Å²) in [6.45, 7) is 6.76. The van der Waals surface area contributed by atoms with Crippen molar-refractivity contribution in [2.45, 2.75) is 51.0 Å². The van der Waals surface area contributed by atoms with Crippen LogP contribution in [0.2, 0.25) is 0 Å². The summed E-state index contributed by atoms with van der Waals surface area (Å²) in [6.07, 6.45) is 4.32. The molecule has 0 spiro atoms. The lowest BCUT2D eigenvalue weighted by molar-refractivity contribution is 0.0926. The van der Waals surface area contributed by atoms with Gasteiger partial charge in [-0.3, -0.25) is 4.79 Å². The average Bonchev–Trinajstić information content (AvgIpc) is 3.13. The molecule has 118 valence electrons. The van der Waals surface area contributed by atoms with Crippen LogP contribution in [0.25, 0.3) is 0 Å². The highest BCUT2D eigenvalue weighted by Crippen LogP contribution is 2.37. The minimum atomic E-state index is -3.79. The lowest BCUT2D eigenvalue weighted by Gasteiger charge is -2.23. The first-order valence-electron chi connectivity index (χ1n) is 7.17. The van der Waals surface area contributed by atoms with Gasteiger partial charge in [-0.25, -0.2) is 13.6 Å². The molecule has 1 aliphatic carbocycles. The van der Waals surface area contributed by atoms with Crippen LogP contribution in [0.15, 0.2) is 17.2 Å². The third kappa shape index (κ3) is 3.85. The summed E-state index contributed by atoms with van der Waals surface area (Å²) in [5.41, 5.74) is 0.378. The van der Waals surface area contributed by atoms with Gasteiger partial charge in [-0.05, 0) is 30.7 Å². The zero-order valence-corrected chi connectivity index (χ0v) is 13.5. The van der Waals surface area contributed by atoms with E-state index in [0.717, 1.165) is 19.3 Å². The van der Waals surface area contributed by atoms with E-state index >= 15 is 0 Å². The van der Waals surface area contributed by atoms with Crippen LogP contribution in [0.1, 0.15) is 56.6 Å². The third-order valence-electron chi connectivity index (χ3n) is 4.01. The first-order valence-corrected chi connectivity index (χ1v) is 8.71. The predicted octanol–water partition coefficient (Wildman–Crippen LogP) is 1.64. The monoisotopic (exact) mass is 313 g/mol. The summed E-state index contributed by atoms with van der Waals surface area (Å²) in [5.74, 6) is -0.252. The van der Waals surface area contributed by atoms with Gasteiger partial charge in [0, 0.05) is 18.8 Å². The minimum absolute atomic E-state index is 0.00528. The van der Waals surface area contributed by atoms with Crippen LogP contribution in [0.5, 0.6) is 0 Å². The number of hydrogen-bond donors (Lipinski definition) is 2. The fourth-order valence-electron chi connectivity index (χ4n) is 1.98. The number of nitrogens with zero attached hydrogens (tertiary/aromatic N) is 1. The van der Waals surface area contributed by atoms with Gasteiger partial charge in [-0.2, -0.15) is 0 Å². The van der Waals surface area contributed by atoms with E-state index in [1.54, 1.807) is 4.57 Å². The summed E-state index contributed by atoms with van der Waals surface area (Å²) in [4.78, 5) is 12.3. The van der Waals surface area contributed by atoms with Gasteiger partial charge in [0.05, 0.1) is 0 Å². The Labute approximate surface area is 125 Å². The smallest absolute Gasteiger partial charge is 0.267 e. The highest BCUT2D eigenvalue weighted by atomic mass is 32.2. The topological polar surface area (TPSA) is 94.2 Å². The van der Waals surface area contributed by atoms with Gasteiger partial charge in [-0.1, -0.05) is 20.8 Å². The summed E-state index contributed by atoms with van der Waals surface area (Å²) in [5, 5.41) is 8.03. The molecule has 1 heterocycles. The van der Waals surface area contributed by atoms with Gasteiger partial charge in [0.1, 0.15) is 10.6 Å². The summed E-state index contributed by atoms with van der Waals surface area (Å²) in [7, 11) is -3.79. The van der Waals surface area contributed by atoms with E-state index in [-0.39, 0.29) is 22.3 Å². The van der Waals surface area contributed by atoms with Gasteiger partial charge < -0.3 is 9.88 Å². The van der Waals surface area contributed by atoms with Crippen molar-refractivity contribution in [3.05, 3.63) is 18.0 Å². The number of aromatic nitrogens is 1. The Morgan fingerprint density at radius 3 is 2.57 bits per heavy atom. The molecule has 0 radical (unpaired) electrons. The second-order valence-corrected chi connectivity index (χ2v) is 8.01. The molecule has 0 atom stereocenters. The lowest BCUT2D eigenvalue weighted by Crippen LogP contribution is -2.34. The largest absolute Gasteiger partial charge is 0.350 e. The van der Waals surface area contributed by atoms with E-state index in [0.29, 0.717) is 12.2 Å². The normalized spacial score (nSPS) is 16.0. The van der Waals surface area contributed by atoms with Crippen LogP contribution in [0, 0.1) is 5.41 Å². The number of hydrogen-bond acceptors (Lipinski definition) is 3. The highest BCUT2D eigenvalue weighted by Gasteiger charge is 2.30. The molecule has 0 unspecified atom stereocenters. The fourth-order valence-corrected chi connectivity index (χ4v) is 2.52. The maximum Gasteiger partial charge on any atom is 0.267 e. The molecule has 6 nitrogen and oxygen atoms in total. The van der Waals surface area contributed by atoms with Crippen LogP contribution in [-0.4, -0.2) is 25.4 Å². The molecule has 0 aromatic carbocycles. The highest BCUT2D eigenvalue weighted by molar-refractivity contribution is 7.89. The van der Waals surface area contributed by atoms with Crippen molar-refractivity contribution in [2.24, 2.45) is 10.6 Å². The standard InChI is InChI=1S/C14H23N3O3S/c1-4-14(2,3)9-16-13(18)12-7-11(21(15,19)20)8-17(12)10-5-6-10/h7-8,10H,4-6,9H2,1-3H3,(H,16,18)(H2,15,19,20). The SMILES string of the molecule is CCC(C)(C)CNC(=O)c1cc(S(N)(=O)=O)cn1C1CC1. The number of nitrogens with one attached hydrogen (secondary N) is 1. The Morgan fingerprint density at radius 1 is 1.48 bits per heavy atom. The number of carbonyl (C=O) groups is 1. The van der Waals surface area contributed by atoms with Crippen molar-refractivity contribution in [1.29, 1.82) is 0 Å². The van der Waals surface area contributed by atoms with Gasteiger partial charge in [0.15, 0.2) is 0 Å². The quantitative estimate of drug-likeness (QED) is 0.836.